The van der Waals surface area contributed by atoms with Gasteiger partial charge in [-0.25, -0.2) is 4.99 Å². The van der Waals surface area contributed by atoms with Crippen molar-refractivity contribution in [3.05, 3.63) is 88.5 Å². The number of para-hydroxylation sites is 2. The Hall–Kier alpha value is -4.00. The number of Topliss-reactive ketones (excluding diaryl/α,β-unsaturated/α-hetero) is 2. The maximum Gasteiger partial charge on any atom is 0.168 e. The minimum absolute atomic E-state index is 0.00801. The number of ketones is 2. The van der Waals surface area contributed by atoms with E-state index in [-0.39, 0.29) is 41.0 Å². The van der Waals surface area contributed by atoms with Crippen LogP contribution in [0.3, 0.4) is 0 Å². The molecule has 178 valence electrons. The van der Waals surface area contributed by atoms with Crippen LogP contribution in [-0.4, -0.2) is 32.6 Å². The summed E-state index contributed by atoms with van der Waals surface area (Å²) in [6, 6.07) is 16.5. The van der Waals surface area contributed by atoms with Crippen LogP contribution in [0.2, 0.25) is 0 Å². The van der Waals surface area contributed by atoms with Crippen molar-refractivity contribution in [2.75, 3.05) is 0 Å². The number of aromatic nitrogens is 1. The molecular formula is C28H26N2O5. The number of aliphatic imine (C=N–C) groups is 1. The summed E-state index contributed by atoms with van der Waals surface area (Å²) >= 11 is 0. The van der Waals surface area contributed by atoms with Crippen LogP contribution in [0, 0.1) is 0 Å². The Kier molecular flexibility index (Phi) is 6.31. The first kappa shape index (κ1) is 22.8. The monoisotopic (exact) mass is 470 g/mol. The summed E-state index contributed by atoms with van der Waals surface area (Å²) in [5.74, 6) is 0.448. The lowest BCUT2D eigenvalue weighted by molar-refractivity contribution is -0.115. The molecule has 2 aromatic carbocycles. The standard InChI is InChI=1S/C28H26N2O5/c31-22-10-5-4-9-19(22)29-20(27-23(32)11-6-12-24(27)33)13-14-21-28-25(34)15-18(16-26(28)35-30-21)17-7-2-1-3-8-17/h1-5,7-10,18,31-32H,6,11-16H2. The number of nitrogens with zero attached hydrogens (tertiary/aromatic N) is 2. The van der Waals surface area contributed by atoms with Crippen LogP contribution >= 0.6 is 0 Å². The maximum atomic E-state index is 13.1. The Balaban J connectivity index is 1.43. The molecule has 3 aromatic rings. The van der Waals surface area contributed by atoms with Gasteiger partial charge in [0.25, 0.3) is 0 Å². The van der Waals surface area contributed by atoms with Gasteiger partial charge in [-0.1, -0.05) is 47.6 Å². The summed E-state index contributed by atoms with van der Waals surface area (Å²) in [7, 11) is 0. The number of benzene rings is 2. The second-order valence-electron chi connectivity index (χ2n) is 9.01. The Labute approximate surface area is 202 Å². The normalized spacial score (nSPS) is 18.6. The highest BCUT2D eigenvalue weighted by atomic mass is 16.5. The molecule has 5 rings (SSSR count). The number of rotatable bonds is 6. The lowest BCUT2D eigenvalue weighted by atomic mass is 9.81. The van der Waals surface area contributed by atoms with Gasteiger partial charge < -0.3 is 14.7 Å². The van der Waals surface area contributed by atoms with Gasteiger partial charge in [-0.3, -0.25) is 9.59 Å². The highest BCUT2D eigenvalue weighted by Gasteiger charge is 2.33. The van der Waals surface area contributed by atoms with Gasteiger partial charge in [-0.2, -0.15) is 0 Å². The first-order valence-electron chi connectivity index (χ1n) is 11.9. The molecule has 1 atom stereocenters. The maximum absolute atomic E-state index is 13.1. The van der Waals surface area contributed by atoms with Crippen molar-refractivity contribution in [1.29, 1.82) is 0 Å². The fourth-order valence-electron chi connectivity index (χ4n) is 4.90. The third-order valence-corrected chi connectivity index (χ3v) is 6.66. The fourth-order valence-corrected chi connectivity index (χ4v) is 4.90. The van der Waals surface area contributed by atoms with Gasteiger partial charge in [0.2, 0.25) is 0 Å². The number of fused-ring (bicyclic) bond motifs is 1. The third-order valence-electron chi connectivity index (χ3n) is 6.66. The molecule has 1 aromatic heterocycles. The molecule has 2 aliphatic rings. The average Bonchev–Trinajstić information content (AvgIpc) is 3.27. The van der Waals surface area contributed by atoms with Crippen molar-refractivity contribution in [3.63, 3.8) is 0 Å². The summed E-state index contributed by atoms with van der Waals surface area (Å²) in [4.78, 5) is 30.3. The SMILES string of the molecule is O=C1CCCC(O)=C1C(CCc1noc2c1C(=O)CC(c1ccccc1)C2)=Nc1ccccc1O. The molecule has 0 bridgehead atoms. The quantitative estimate of drug-likeness (QED) is 0.456. The molecule has 7 nitrogen and oxygen atoms in total. The molecule has 0 saturated heterocycles. The number of hydrogen-bond acceptors (Lipinski definition) is 7. The zero-order chi connectivity index (χ0) is 24.4. The molecule has 1 heterocycles. The van der Waals surface area contributed by atoms with Crippen LogP contribution in [0.4, 0.5) is 5.69 Å². The number of phenols is 1. The number of carbonyl (C=O) groups excluding carboxylic acids is 2. The number of carbonyl (C=O) groups is 2. The zero-order valence-corrected chi connectivity index (χ0v) is 19.2. The molecule has 0 saturated carbocycles. The minimum Gasteiger partial charge on any atom is -0.511 e. The van der Waals surface area contributed by atoms with Gasteiger partial charge in [-0.05, 0) is 42.9 Å². The molecule has 0 amide bonds. The van der Waals surface area contributed by atoms with E-state index in [1.807, 2.05) is 30.3 Å². The first-order valence-corrected chi connectivity index (χ1v) is 11.9. The number of aryl methyl sites for hydroxylation is 1. The number of allylic oxidation sites excluding steroid dienone is 2. The molecule has 2 aliphatic carbocycles. The topological polar surface area (TPSA) is 113 Å². The lowest BCUT2D eigenvalue weighted by Crippen LogP contribution is -2.21. The lowest BCUT2D eigenvalue weighted by Gasteiger charge is -2.20. The van der Waals surface area contributed by atoms with E-state index in [1.165, 1.54) is 6.07 Å². The molecule has 0 radical (unpaired) electrons. The Morgan fingerprint density at radius 2 is 1.74 bits per heavy atom. The molecule has 0 fully saturated rings. The van der Waals surface area contributed by atoms with Crippen molar-refractivity contribution in [2.24, 2.45) is 4.99 Å². The van der Waals surface area contributed by atoms with E-state index in [4.69, 9.17) is 4.52 Å². The van der Waals surface area contributed by atoms with E-state index in [0.717, 1.165) is 5.56 Å². The summed E-state index contributed by atoms with van der Waals surface area (Å²) in [6.45, 7) is 0. The van der Waals surface area contributed by atoms with Crippen molar-refractivity contribution in [2.45, 2.75) is 50.9 Å². The van der Waals surface area contributed by atoms with Crippen molar-refractivity contribution in [1.82, 2.24) is 5.16 Å². The van der Waals surface area contributed by atoms with Crippen LogP contribution in [0.15, 0.2) is 75.4 Å². The largest absolute Gasteiger partial charge is 0.511 e. The fraction of sp³-hybridized carbons (Fsp3) is 0.286. The summed E-state index contributed by atoms with van der Waals surface area (Å²) in [6.07, 6.45) is 2.88. The van der Waals surface area contributed by atoms with Crippen LogP contribution < -0.4 is 0 Å². The molecular weight excluding hydrogens is 444 g/mol. The smallest absolute Gasteiger partial charge is 0.168 e. The molecule has 0 aliphatic heterocycles. The van der Waals surface area contributed by atoms with Gasteiger partial charge in [0, 0.05) is 25.7 Å². The second-order valence-corrected chi connectivity index (χ2v) is 9.01. The Bertz CT molecular complexity index is 1340. The minimum atomic E-state index is -0.174. The van der Waals surface area contributed by atoms with Crippen molar-refractivity contribution < 1.29 is 24.3 Å². The van der Waals surface area contributed by atoms with E-state index in [0.29, 0.717) is 66.9 Å². The number of aromatic hydroxyl groups is 1. The molecule has 1 unspecified atom stereocenters. The van der Waals surface area contributed by atoms with E-state index in [9.17, 15) is 19.8 Å². The van der Waals surface area contributed by atoms with Gasteiger partial charge in [-0.15, -0.1) is 0 Å². The predicted octanol–water partition coefficient (Wildman–Crippen LogP) is 5.56. The van der Waals surface area contributed by atoms with Crippen LogP contribution in [-0.2, 0) is 17.6 Å². The van der Waals surface area contributed by atoms with Gasteiger partial charge in [0.05, 0.1) is 22.5 Å². The average molecular weight is 471 g/mol. The predicted molar refractivity (Wildman–Crippen MR) is 130 cm³/mol. The van der Waals surface area contributed by atoms with Crippen molar-refractivity contribution >= 4 is 23.0 Å². The van der Waals surface area contributed by atoms with E-state index >= 15 is 0 Å². The second kappa shape index (κ2) is 9.70. The Morgan fingerprint density at radius 3 is 2.51 bits per heavy atom. The van der Waals surface area contributed by atoms with Crippen LogP contribution in [0.5, 0.6) is 5.75 Å². The highest BCUT2D eigenvalue weighted by molar-refractivity contribution is 6.23. The van der Waals surface area contributed by atoms with Crippen LogP contribution in [0.1, 0.15) is 65.4 Å². The summed E-state index contributed by atoms with van der Waals surface area (Å²) in [5, 5.41) is 24.9. The molecule has 35 heavy (non-hydrogen) atoms. The first-order chi connectivity index (χ1) is 17.0. The summed E-state index contributed by atoms with van der Waals surface area (Å²) < 4.78 is 5.59. The van der Waals surface area contributed by atoms with E-state index in [2.05, 4.69) is 10.1 Å². The van der Waals surface area contributed by atoms with E-state index in [1.54, 1.807) is 18.2 Å². The van der Waals surface area contributed by atoms with Gasteiger partial charge in [0.15, 0.2) is 11.6 Å². The van der Waals surface area contributed by atoms with Crippen molar-refractivity contribution in [3.8, 4) is 5.75 Å². The number of aliphatic hydroxyl groups excluding tert-OH is 1. The zero-order valence-electron chi connectivity index (χ0n) is 19.2. The van der Waals surface area contributed by atoms with Crippen LogP contribution in [0.25, 0.3) is 0 Å². The number of phenolic OH excluding ortho intramolecular Hbond substituents is 1. The summed E-state index contributed by atoms with van der Waals surface area (Å²) in [5.41, 5.74) is 3.03. The highest BCUT2D eigenvalue weighted by Crippen LogP contribution is 2.35. The molecule has 7 heteroatoms. The van der Waals surface area contributed by atoms with E-state index < -0.39 is 0 Å². The Morgan fingerprint density at radius 1 is 0.971 bits per heavy atom. The molecule has 2 N–H and O–H groups in total. The number of hydrogen-bond donors (Lipinski definition) is 2. The third kappa shape index (κ3) is 4.67. The van der Waals surface area contributed by atoms with Gasteiger partial charge in [0.1, 0.15) is 23.0 Å². The number of aliphatic hydroxyl groups is 1. The van der Waals surface area contributed by atoms with Gasteiger partial charge >= 0.3 is 0 Å². The molecule has 0 spiro atoms.